The van der Waals surface area contributed by atoms with Gasteiger partial charge in [0.1, 0.15) is 0 Å². The molecule has 1 aliphatic rings. The van der Waals surface area contributed by atoms with E-state index in [1.54, 1.807) is 0 Å². The molecule has 13 rings (SSSR count). The average Bonchev–Trinajstić information content (AvgIpc) is 3.87. The van der Waals surface area contributed by atoms with Gasteiger partial charge in [0.25, 0.3) is 0 Å². The van der Waals surface area contributed by atoms with Crippen LogP contribution in [0.5, 0.6) is 0 Å². The highest BCUT2D eigenvalue weighted by Crippen LogP contribution is 2.54. The lowest BCUT2D eigenvalue weighted by atomic mass is 9.72. The van der Waals surface area contributed by atoms with E-state index in [0.29, 0.717) is 0 Å². The van der Waals surface area contributed by atoms with Gasteiger partial charge in [-0.15, -0.1) is 0 Å². The highest BCUT2D eigenvalue weighted by atomic mass is 15.2. The Balaban J connectivity index is 0.984. The summed E-state index contributed by atoms with van der Waals surface area (Å²) in [5.74, 6) is 0. The Bertz CT molecular complexity index is 3600. The molecule has 0 aliphatic carbocycles. The maximum absolute atomic E-state index is 2.49. The quantitative estimate of drug-likeness (QED) is 0.169. The van der Waals surface area contributed by atoms with E-state index in [1.807, 2.05) is 0 Å². The van der Waals surface area contributed by atoms with E-state index in [0.717, 1.165) is 5.69 Å². The number of hydrogen-bond donors (Lipinski definition) is 0. The molecule has 0 unspecified atom stereocenters. The summed E-state index contributed by atoms with van der Waals surface area (Å²) in [6, 6.07) is 82.8. The van der Waals surface area contributed by atoms with Crippen LogP contribution in [0.1, 0.15) is 25.0 Å². The molecule has 12 aromatic rings. The molecule has 302 valence electrons. The maximum atomic E-state index is 2.49. The normalized spacial score (nSPS) is 13.2. The largest absolute Gasteiger partial charge is 0.310 e. The van der Waals surface area contributed by atoms with E-state index in [4.69, 9.17) is 0 Å². The highest BCUT2D eigenvalue weighted by Gasteiger charge is 2.38. The third kappa shape index (κ3) is 5.47. The summed E-state index contributed by atoms with van der Waals surface area (Å²) in [5, 5.41) is 7.49. The first-order valence-electron chi connectivity index (χ1n) is 22.3. The van der Waals surface area contributed by atoms with Gasteiger partial charge in [-0.1, -0.05) is 141 Å². The number of hydrogen-bond acceptors (Lipinski definition) is 1. The summed E-state index contributed by atoms with van der Waals surface area (Å²) in [5.41, 5.74) is 17.9. The zero-order valence-electron chi connectivity index (χ0n) is 35.7. The first-order valence-corrected chi connectivity index (χ1v) is 22.3. The second-order valence-corrected chi connectivity index (χ2v) is 17.8. The zero-order chi connectivity index (χ0) is 42.5. The van der Waals surface area contributed by atoms with E-state index in [1.165, 1.54) is 111 Å². The first-order chi connectivity index (χ1) is 31.5. The van der Waals surface area contributed by atoms with Crippen LogP contribution in [-0.2, 0) is 5.41 Å². The standard InChI is InChI=1S/C61H43N3/c1-61(2)53-38-44(42-26-31-57-51(36-42)49-21-11-13-23-55(49)62(57)46-17-5-3-6-18-46)28-33-59(53)64(48-30-25-40-15-9-10-16-41(40)35-48)60-34-29-45(39-54(60)61)43-27-32-58-52(37-43)50-22-12-14-24-56(50)63(58)47-19-7-4-8-20-47/h3-39H,1-2H3. The van der Waals surface area contributed by atoms with Crippen molar-refractivity contribution in [1.29, 1.82) is 0 Å². The average molecular weight is 818 g/mol. The van der Waals surface area contributed by atoms with Crippen LogP contribution in [0.15, 0.2) is 224 Å². The third-order valence-electron chi connectivity index (χ3n) is 13.9. The van der Waals surface area contributed by atoms with Crippen LogP contribution in [0.3, 0.4) is 0 Å². The van der Waals surface area contributed by atoms with Crippen LogP contribution in [0.25, 0.3) is 88.0 Å². The zero-order valence-corrected chi connectivity index (χ0v) is 35.7. The van der Waals surface area contributed by atoms with E-state index in [9.17, 15) is 0 Å². The summed E-state index contributed by atoms with van der Waals surface area (Å²) < 4.78 is 4.78. The van der Waals surface area contributed by atoms with Crippen molar-refractivity contribution in [2.75, 3.05) is 4.90 Å². The Morgan fingerprint density at radius 3 is 1.25 bits per heavy atom. The van der Waals surface area contributed by atoms with E-state index in [-0.39, 0.29) is 5.41 Å². The molecule has 1 aliphatic heterocycles. The molecule has 2 aromatic heterocycles. The van der Waals surface area contributed by atoms with Crippen molar-refractivity contribution in [3.05, 3.63) is 236 Å². The van der Waals surface area contributed by atoms with Gasteiger partial charge in [0.05, 0.1) is 33.4 Å². The van der Waals surface area contributed by atoms with Crippen molar-refractivity contribution in [2.24, 2.45) is 0 Å². The molecule has 10 aromatic carbocycles. The van der Waals surface area contributed by atoms with E-state index >= 15 is 0 Å². The van der Waals surface area contributed by atoms with Crippen LogP contribution in [-0.4, -0.2) is 9.13 Å². The lowest BCUT2D eigenvalue weighted by molar-refractivity contribution is 0.632. The van der Waals surface area contributed by atoms with Crippen LogP contribution in [0.2, 0.25) is 0 Å². The highest BCUT2D eigenvalue weighted by molar-refractivity contribution is 6.12. The first kappa shape index (κ1) is 36.5. The number of para-hydroxylation sites is 4. The van der Waals surface area contributed by atoms with Gasteiger partial charge in [0.2, 0.25) is 0 Å². The fraction of sp³-hybridized carbons (Fsp3) is 0.0492. The predicted octanol–water partition coefficient (Wildman–Crippen LogP) is 16.5. The third-order valence-corrected chi connectivity index (χ3v) is 13.9. The van der Waals surface area contributed by atoms with E-state index in [2.05, 4.69) is 252 Å². The molecule has 0 saturated carbocycles. The summed E-state index contributed by atoms with van der Waals surface area (Å²) in [7, 11) is 0. The molecule has 0 radical (unpaired) electrons. The van der Waals surface area contributed by atoms with Crippen molar-refractivity contribution in [2.45, 2.75) is 19.3 Å². The fourth-order valence-corrected chi connectivity index (χ4v) is 10.7. The predicted molar refractivity (Wildman–Crippen MR) is 270 cm³/mol. The van der Waals surface area contributed by atoms with Crippen molar-refractivity contribution < 1.29 is 0 Å². The SMILES string of the molecule is CC1(C)c2cc(-c3ccc4c(c3)c3ccccc3n4-c3ccccc3)ccc2N(c2ccc3ccccc3c2)c2ccc(-c3ccc4c(c3)c3ccccc3n4-c3ccccc3)cc21. The number of fused-ring (bicyclic) bond motifs is 9. The van der Waals surface area contributed by atoms with Crippen LogP contribution in [0, 0.1) is 0 Å². The Morgan fingerprint density at radius 2 is 0.719 bits per heavy atom. The number of benzene rings is 10. The van der Waals surface area contributed by atoms with Gasteiger partial charge in [-0.25, -0.2) is 0 Å². The summed E-state index contributed by atoms with van der Waals surface area (Å²) in [4.78, 5) is 2.49. The molecule has 0 fully saturated rings. The lowest BCUT2D eigenvalue weighted by Gasteiger charge is -2.42. The van der Waals surface area contributed by atoms with Gasteiger partial charge in [0, 0.05) is 44.0 Å². The molecule has 0 atom stereocenters. The molecule has 0 saturated heterocycles. The summed E-state index contributed by atoms with van der Waals surface area (Å²) in [6.07, 6.45) is 0. The van der Waals surface area contributed by atoms with Gasteiger partial charge in [0.15, 0.2) is 0 Å². The minimum absolute atomic E-state index is 0.315. The Kier molecular flexibility index (Phi) is 7.95. The van der Waals surface area contributed by atoms with Gasteiger partial charge < -0.3 is 14.0 Å². The fourth-order valence-electron chi connectivity index (χ4n) is 10.7. The van der Waals surface area contributed by atoms with Crippen LogP contribution >= 0.6 is 0 Å². The molecule has 3 nitrogen and oxygen atoms in total. The number of aromatic nitrogens is 2. The Morgan fingerprint density at radius 1 is 0.297 bits per heavy atom. The molecule has 0 spiro atoms. The van der Waals surface area contributed by atoms with Gasteiger partial charge in [-0.2, -0.15) is 0 Å². The number of nitrogens with zero attached hydrogens (tertiary/aromatic N) is 3. The lowest BCUT2D eigenvalue weighted by Crippen LogP contribution is -2.30. The van der Waals surface area contributed by atoms with Crippen molar-refractivity contribution >= 4 is 71.4 Å². The smallest absolute Gasteiger partial charge is 0.0541 e. The molecular formula is C61H43N3. The van der Waals surface area contributed by atoms with E-state index < -0.39 is 0 Å². The monoisotopic (exact) mass is 817 g/mol. The van der Waals surface area contributed by atoms with Gasteiger partial charge in [-0.3, -0.25) is 0 Å². The minimum atomic E-state index is -0.315. The molecule has 64 heavy (non-hydrogen) atoms. The van der Waals surface area contributed by atoms with Gasteiger partial charge in [-0.05, 0) is 141 Å². The molecule has 0 N–H and O–H groups in total. The second-order valence-electron chi connectivity index (χ2n) is 17.8. The Labute approximate surface area is 372 Å². The van der Waals surface area contributed by atoms with Crippen molar-refractivity contribution in [3.8, 4) is 33.6 Å². The number of rotatable bonds is 5. The number of anilines is 3. The topological polar surface area (TPSA) is 13.1 Å². The second kappa shape index (κ2) is 13.9. The molecule has 0 amide bonds. The molecule has 3 heteroatoms. The summed E-state index contributed by atoms with van der Waals surface area (Å²) in [6.45, 7) is 4.81. The van der Waals surface area contributed by atoms with Crippen molar-refractivity contribution in [1.82, 2.24) is 9.13 Å². The van der Waals surface area contributed by atoms with Gasteiger partial charge >= 0.3 is 0 Å². The minimum Gasteiger partial charge on any atom is -0.310 e. The van der Waals surface area contributed by atoms with Crippen molar-refractivity contribution in [3.63, 3.8) is 0 Å². The maximum Gasteiger partial charge on any atom is 0.0541 e. The summed E-state index contributed by atoms with van der Waals surface area (Å²) >= 11 is 0. The van der Waals surface area contributed by atoms with Crippen LogP contribution < -0.4 is 4.90 Å². The molecule has 3 heterocycles. The van der Waals surface area contributed by atoms with Crippen LogP contribution in [0.4, 0.5) is 17.1 Å². The Hall–Kier alpha value is -8.14. The molecule has 0 bridgehead atoms. The molecular weight excluding hydrogens is 775 g/mol.